The van der Waals surface area contributed by atoms with Crippen molar-refractivity contribution in [3.63, 3.8) is 0 Å². The van der Waals surface area contributed by atoms with Gasteiger partial charge in [0.2, 0.25) is 5.91 Å². The molecule has 0 bridgehead atoms. The summed E-state index contributed by atoms with van der Waals surface area (Å²) in [5.41, 5.74) is 2.46. The van der Waals surface area contributed by atoms with E-state index in [9.17, 15) is 17.6 Å². The number of carbonyl (C=O) groups is 1. The monoisotopic (exact) mass is 454 g/mol. The van der Waals surface area contributed by atoms with Gasteiger partial charge in [0.05, 0.1) is 20.9 Å². The third-order valence-electron chi connectivity index (χ3n) is 4.68. The SMILES string of the molecule is O=C(CCCS(=O)(=O)c1ccc(F)cc1)Nc1cccc(-c2nc3ccccc3s2)c1. The topological polar surface area (TPSA) is 76.1 Å². The first-order chi connectivity index (χ1) is 14.9. The molecule has 31 heavy (non-hydrogen) atoms. The molecule has 1 aromatic heterocycles. The van der Waals surface area contributed by atoms with Crippen molar-refractivity contribution in [2.45, 2.75) is 17.7 Å². The van der Waals surface area contributed by atoms with Crippen LogP contribution in [0.2, 0.25) is 0 Å². The summed E-state index contributed by atoms with van der Waals surface area (Å²) < 4.78 is 38.7. The number of thiazole rings is 1. The minimum Gasteiger partial charge on any atom is -0.326 e. The van der Waals surface area contributed by atoms with E-state index >= 15 is 0 Å². The molecule has 4 rings (SSSR count). The van der Waals surface area contributed by atoms with Crippen molar-refractivity contribution < 1.29 is 17.6 Å². The Morgan fingerprint density at radius 2 is 1.77 bits per heavy atom. The molecule has 5 nitrogen and oxygen atoms in total. The number of nitrogens with one attached hydrogen (secondary N) is 1. The molecule has 1 amide bonds. The average molecular weight is 455 g/mol. The van der Waals surface area contributed by atoms with Crippen LogP contribution in [0.15, 0.2) is 77.7 Å². The maximum atomic E-state index is 13.0. The number of aromatic nitrogens is 1. The summed E-state index contributed by atoms with van der Waals surface area (Å²) in [5, 5.41) is 3.68. The summed E-state index contributed by atoms with van der Waals surface area (Å²) in [4.78, 5) is 17.0. The van der Waals surface area contributed by atoms with Gasteiger partial charge in [0.15, 0.2) is 9.84 Å². The molecule has 8 heteroatoms. The maximum Gasteiger partial charge on any atom is 0.224 e. The van der Waals surface area contributed by atoms with Crippen molar-refractivity contribution >= 4 is 43.0 Å². The van der Waals surface area contributed by atoms with E-state index in [2.05, 4.69) is 10.3 Å². The van der Waals surface area contributed by atoms with Crippen LogP contribution in [0.3, 0.4) is 0 Å². The Morgan fingerprint density at radius 3 is 2.55 bits per heavy atom. The lowest BCUT2D eigenvalue weighted by Gasteiger charge is -2.07. The molecule has 4 aromatic rings. The van der Waals surface area contributed by atoms with Gasteiger partial charge in [-0.2, -0.15) is 0 Å². The van der Waals surface area contributed by atoms with Crippen molar-refractivity contribution in [2.24, 2.45) is 0 Å². The second kappa shape index (κ2) is 8.95. The van der Waals surface area contributed by atoms with E-state index in [0.29, 0.717) is 5.69 Å². The molecule has 1 N–H and O–H groups in total. The van der Waals surface area contributed by atoms with Crippen LogP contribution in [-0.2, 0) is 14.6 Å². The number of fused-ring (bicyclic) bond motifs is 1. The Hall–Kier alpha value is -3.10. The van der Waals surface area contributed by atoms with Crippen LogP contribution in [0.4, 0.5) is 10.1 Å². The molecule has 0 saturated carbocycles. The highest BCUT2D eigenvalue weighted by Crippen LogP contribution is 2.31. The second-order valence-electron chi connectivity index (χ2n) is 6.99. The van der Waals surface area contributed by atoms with Crippen LogP contribution in [-0.4, -0.2) is 25.1 Å². The molecule has 1 heterocycles. The quantitative estimate of drug-likeness (QED) is 0.385. The Labute approximate surface area is 183 Å². The van der Waals surface area contributed by atoms with Crippen LogP contribution in [0.1, 0.15) is 12.8 Å². The Bertz CT molecular complexity index is 1300. The molecule has 158 valence electrons. The first kappa shape index (κ1) is 21.1. The van der Waals surface area contributed by atoms with Crippen molar-refractivity contribution in [3.8, 4) is 10.6 Å². The van der Waals surface area contributed by atoms with E-state index < -0.39 is 15.7 Å². The van der Waals surface area contributed by atoms with Gasteiger partial charge in [0.25, 0.3) is 0 Å². The number of rotatable bonds is 7. The zero-order chi connectivity index (χ0) is 21.8. The van der Waals surface area contributed by atoms with Crippen molar-refractivity contribution in [1.82, 2.24) is 4.98 Å². The van der Waals surface area contributed by atoms with E-state index in [1.54, 1.807) is 17.4 Å². The number of halogens is 1. The molecule has 0 radical (unpaired) electrons. The second-order valence-corrected chi connectivity index (χ2v) is 10.1. The number of hydrogen-bond donors (Lipinski definition) is 1. The summed E-state index contributed by atoms with van der Waals surface area (Å²) >= 11 is 1.58. The standard InChI is InChI=1S/C23H19FN2O3S2/c24-17-10-12-19(13-11-17)31(28,29)14-4-9-22(27)25-18-6-3-5-16(15-18)23-26-20-7-1-2-8-21(20)30-23/h1-3,5-8,10-13,15H,4,9,14H2,(H,25,27). The lowest BCUT2D eigenvalue weighted by molar-refractivity contribution is -0.116. The Balaban J connectivity index is 1.36. The van der Waals surface area contributed by atoms with Gasteiger partial charge in [0.1, 0.15) is 10.8 Å². The summed E-state index contributed by atoms with van der Waals surface area (Å²) in [6.45, 7) is 0. The summed E-state index contributed by atoms with van der Waals surface area (Å²) in [7, 11) is -3.55. The van der Waals surface area contributed by atoms with E-state index in [1.165, 1.54) is 12.1 Å². The molecule has 0 saturated heterocycles. The third kappa shape index (κ3) is 5.15. The van der Waals surface area contributed by atoms with E-state index in [-0.39, 0.29) is 29.4 Å². The number of benzene rings is 3. The molecule has 0 fully saturated rings. The first-order valence-electron chi connectivity index (χ1n) is 9.65. The largest absolute Gasteiger partial charge is 0.326 e. The van der Waals surface area contributed by atoms with Gasteiger partial charge in [-0.3, -0.25) is 4.79 Å². The minimum atomic E-state index is -3.55. The molecule has 0 aliphatic heterocycles. The Kier molecular flexibility index (Phi) is 6.11. The van der Waals surface area contributed by atoms with E-state index in [0.717, 1.165) is 32.9 Å². The molecule has 0 aliphatic carbocycles. The molecule has 3 aromatic carbocycles. The predicted molar refractivity (Wildman–Crippen MR) is 121 cm³/mol. The van der Waals surface area contributed by atoms with Gasteiger partial charge >= 0.3 is 0 Å². The smallest absolute Gasteiger partial charge is 0.224 e. The van der Waals surface area contributed by atoms with Gasteiger partial charge in [-0.25, -0.2) is 17.8 Å². The fourth-order valence-electron chi connectivity index (χ4n) is 3.13. The lowest BCUT2D eigenvalue weighted by Crippen LogP contribution is -2.14. The summed E-state index contributed by atoms with van der Waals surface area (Å²) in [5.74, 6) is -0.945. The molecule has 0 aliphatic rings. The van der Waals surface area contributed by atoms with Gasteiger partial charge in [-0.15, -0.1) is 11.3 Å². The normalized spacial score (nSPS) is 11.5. The van der Waals surface area contributed by atoms with E-state index in [4.69, 9.17) is 0 Å². The molecule has 0 spiro atoms. The fraction of sp³-hybridized carbons (Fsp3) is 0.130. The van der Waals surface area contributed by atoms with Crippen LogP contribution in [0, 0.1) is 5.82 Å². The number of amides is 1. The van der Waals surface area contributed by atoms with Crippen molar-refractivity contribution in [2.75, 3.05) is 11.1 Å². The summed E-state index contributed by atoms with van der Waals surface area (Å²) in [6.07, 6.45) is 0.231. The van der Waals surface area contributed by atoms with Crippen LogP contribution in [0.25, 0.3) is 20.8 Å². The lowest BCUT2D eigenvalue weighted by atomic mass is 10.2. The van der Waals surface area contributed by atoms with Crippen molar-refractivity contribution in [1.29, 1.82) is 0 Å². The zero-order valence-corrected chi connectivity index (χ0v) is 18.0. The highest BCUT2D eigenvalue weighted by Gasteiger charge is 2.15. The van der Waals surface area contributed by atoms with Gasteiger partial charge < -0.3 is 5.32 Å². The fourth-order valence-corrected chi connectivity index (χ4v) is 5.40. The van der Waals surface area contributed by atoms with Crippen LogP contribution < -0.4 is 5.32 Å². The summed E-state index contributed by atoms with van der Waals surface area (Å²) in [6, 6.07) is 20.0. The number of para-hydroxylation sites is 1. The predicted octanol–water partition coefficient (Wildman–Crippen LogP) is 5.30. The number of hydrogen-bond acceptors (Lipinski definition) is 5. The van der Waals surface area contributed by atoms with Gasteiger partial charge in [-0.1, -0.05) is 24.3 Å². The number of sulfone groups is 1. The third-order valence-corrected chi connectivity index (χ3v) is 7.58. The number of anilines is 1. The molecular weight excluding hydrogens is 435 g/mol. The maximum absolute atomic E-state index is 13.0. The highest BCUT2D eigenvalue weighted by molar-refractivity contribution is 7.91. The first-order valence-corrected chi connectivity index (χ1v) is 12.1. The molecule has 0 unspecified atom stereocenters. The number of carbonyl (C=O) groups excluding carboxylic acids is 1. The molecule has 0 atom stereocenters. The van der Waals surface area contributed by atoms with Crippen molar-refractivity contribution in [3.05, 3.63) is 78.6 Å². The van der Waals surface area contributed by atoms with Gasteiger partial charge in [-0.05, 0) is 55.0 Å². The minimum absolute atomic E-state index is 0.0536. The van der Waals surface area contributed by atoms with Crippen LogP contribution >= 0.6 is 11.3 Å². The zero-order valence-electron chi connectivity index (χ0n) is 16.4. The van der Waals surface area contributed by atoms with Crippen LogP contribution in [0.5, 0.6) is 0 Å². The Morgan fingerprint density at radius 1 is 1.00 bits per heavy atom. The van der Waals surface area contributed by atoms with E-state index in [1.807, 2.05) is 42.5 Å². The molecular formula is C23H19FN2O3S2. The average Bonchev–Trinajstić information content (AvgIpc) is 3.18. The number of nitrogens with zero attached hydrogens (tertiary/aromatic N) is 1. The highest BCUT2D eigenvalue weighted by atomic mass is 32.2. The van der Waals surface area contributed by atoms with Gasteiger partial charge in [0, 0.05) is 17.7 Å².